The maximum atomic E-state index is 12.1. The van der Waals surface area contributed by atoms with Gasteiger partial charge in [-0.2, -0.15) is 0 Å². The third-order valence-corrected chi connectivity index (χ3v) is 4.22. The fraction of sp³-hybridized carbons (Fsp3) is 0.529. The zero-order chi connectivity index (χ0) is 16.8. The van der Waals surface area contributed by atoms with Crippen molar-refractivity contribution in [1.82, 2.24) is 15.5 Å². The monoisotopic (exact) mass is 333 g/mol. The summed E-state index contributed by atoms with van der Waals surface area (Å²) in [4.78, 5) is 25.6. The highest BCUT2D eigenvalue weighted by Crippen LogP contribution is 2.22. The molecule has 7 nitrogen and oxygen atoms in total. The molecule has 2 aliphatic rings. The summed E-state index contributed by atoms with van der Waals surface area (Å²) in [6, 6.07) is 7.39. The Morgan fingerprint density at radius 3 is 3.00 bits per heavy atom. The lowest BCUT2D eigenvalue weighted by Gasteiger charge is -2.20. The number of para-hydroxylation sites is 1. The average molecular weight is 333 g/mol. The lowest BCUT2D eigenvalue weighted by Crippen LogP contribution is -2.44. The summed E-state index contributed by atoms with van der Waals surface area (Å²) in [6.45, 7) is 2.66. The van der Waals surface area contributed by atoms with E-state index >= 15 is 0 Å². The second-order valence-electron chi connectivity index (χ2n) is 5.98. The number of rotatable bonds is 5. The molecule has 2 aliphatic heterocycles. The van der Waals surface area contributed by atoms with Crippen LogP contribution in [-0.2, 0) is 16.1 Å². The number of urea groups is 1. The Balaban J connectivity index is 1.42. The average Bonchev–Trinajstić information content (AvgIpc) is 3.06. The van der Waals surface area contributed by atoms with Crippen LogP contribution in [0.2, 0.25) is 0 Å². The second-order valence-corrected chi connectivity index (χ2v) is 5.98. The summed E-state index contributed by atoms with van der Waals surface area (Å²) < 4.78 is 11.0. The highest BCUT2D eigenvalue weighted by Gasteiger charge is 2.21. The van der Waals surface area contributed by atoms with Gasteiger partial charge in [-0.3, -0.25) is 4.79 Å². The van der Waals surface area contributed by atoms with Crippen LogP contribution in [0.25, 0.3) is 0 Å². The molecule has 24 heavy (non-hydrogen) atoms. The number of amides is 3. The largest absolute Gasteiger partial charge is 0.483 e. The molecule has 1 aromatic carbocycles. The summed E-state index contributed by atoms with van der Waals surface area (Å²) in [7, 11) is 0. The standard InChI is InChI=1S/C17H23N3O4/c21-16-12-24-15-6-2-1-4-13(15)11-20(16)8-7-18-17(22)19-10-14-5-3-9-23-14/h1-2,4,6,14H,3,5,7-12H2,(H2,18,19,22). The van der Waals surface area contributed by atoms with Crippen molar-refractivity contribution in [3.8, 4) is 5.75 Å². The first-order valence-corrected chi connectivity index (χ1v) is 8.34. The highest BCUT2D eigenvalue weighted by molar-refractivity contribution is 5.78. The molecule has 2 N–H and O–H groups in total. The van der Waals surface area contributed by atoms with Gasteiger partial charge in [0.05, 0.1) is 6.10 Å². The quantitative estimate of drug-likeness (QED) is 0.838. The highest BCUT2D eigenvalue weighted by atomic mass is 16.5. The second kappa shape index (κ2) is 8.01. The minimum absolute atomic E-state index is 0.0300. The Morgan fingerprint density at radius 2 is 2.17 bits per heavy atom. The molecule has 1 fully saturated rings. The zero-order valence-electron chi connectivity index (χ0n) is 13.6. The lowest BCUT2D eigenvalue weighted by molar-refractivity contribution is -0.133. The third-order valence-electron chi connectivity index (χ3n) is 4.22. The molecular weight excluding hydrogens is 310 g/mol. The molecule has 0 aromatic heterocycles. The smallest absolute Gasteiger partial charge is 0.314 e. The molecule has 0 bridgehead atoms. The number of carbonyl (C=O) groups excluding carboxylic acids is 2. The van der Waals surface area contributed by atoms with Crippen molar-refractivity contribution in [3.05, 3.63) is 29.8 Å². The van der Waals surface area contributed by atoms with Crippen molar-refractivity contribution in [1.29, 1.82) is 0 Å². The van der Waals surface area contributed by atoms with E-state index in [1.54, 1.807) is 4.90 Å². The first-order valence-electron chi connectivity index (χ1n) is 8.34. The first-order chi connectivity index (χ1) is 11.7. The summed E-state index contributed by atoms with van der Waals surface area (Å²) in [5.41, 5.74) is 0.978. The topological polar surface area (TPSA) is 79.9 Å². The van der Waals surface area contributed by atoms with Gasteiger partial charge < -0.3 is 25.0 Å². The molecular formula is C17H23N3O4. The van der Waals surface area contributed by atoms with Crippen LogP contribution in [0.1, 0.15) is 18.4 Å². The predicted molar refractivity (Wildman–Crippen MR) is 87.7 cm³/mol. The van der Waals surface area contributed by atoms with Crippen molar-refractivity contribution >= 4 is 11.9 Å². The van der Waals surface area contributed by atoms with E-state index in [4.69, 9.17) is 9.47 Å². The maximum absolute atomic E-state index is 12.1. The third kappa shape index (κ3) is 4.38. The van der Waals surface area contributed by atoms with Crippen LogP contribution in [0.5, 0.6) is 5.75 Å². The number of benzene rings is 1. The van der Waals surface area contributed by atoms with Crippen LogP contribution < -0.4 is 15.4 Å². The van der Waals surface area contributed by atoms with Gasteiger partial charge in [-0.05, 0) is 18.9 Å². The number of ether oxygens (including phenoxy) is 2. The van der Waals surface area contributed by atoms with Crippen LogP contribution in [0.3, 0.4) is 0 Å². The van der Waals surface area contributed by atoms with Crippen LogP contribution in [-0.4, -0.2) is 55.8 Å². The zero-order valence-corrected chi connectivity index (χ0v) is 13.6. The number of nitrogens with zero attached hydrogens (tertiary/aromatic N) is 1. The van der Waals surface area contributed by atoms with Gasteiger partial charge in [-0.25, -0.2) is 4.79 Å². The molecule has 3 amide bonds. The molecule has 1 unspecified atom stereocenters. The van der Waals surface area contributed by atoms with Crippen LogP contribution in [0.15, 0.2) is 24.3 Å². The van der Waals surface area contributed by atoms with Gasteiger partial charge in [0.25, 0.3) is 5.91 Å². The normalized spacial score (nSPS) is 20.1. The van der Waals surface area contributed by atoms with E-state index in [2.05, 4.69) is 10.6 Å². The summed E-state index contributed by atoms with van der Waals surface area (Å²) >= 11 is 0. The van der Waals surface area contributed by atoms with Crippen LogP contribution >= 0.6 is 0 Å². The molecule has 2 heterocycles. The van der Waals surface area contributed by atoms with Crippen molar-refractivity contribution in [3.63, 3.8) is 0 Å². The summed E-state index contributed by atoms with van der Waals surface area (Å²) in [6.07, 6.45) is 2.16. The van der Waals surface area contributed by atoms with Gasteiger partial charge in [-0.15, -0.1) is 0 Å². The summed E-state index contributed by atoms with van der Waals surface area (Å²) in [5, 5.41) is 5.58. The van der Waals surface area contributed by atoms with Gasteiger partial charge in [0.2, 0.25) is 0 Å². The molecule has 1 saturated heterocycles. The van der Waals surface area contributed by atoms with E-state index in [1.165, 1.54) is 0 Å². The molecule has 0 spiro atoms. The molecule has 130 valence electrons. The molecule has 7 heteroatoms. The predicted octanol–water partition coefficient (Wildman–Crippen LogP) is 0.886. The van der Waals surface area contributed by atoms with Gasteiger partial charge in [0.15, 0.2) is 6.61 Å². The maximum Gasteiger partial charge on any atom is 0.314 e. The van der Waals surface area contributed by atoms with Gasteiger partial charge in [0.1, 0.15) is 5.75 Å². The Bertz CT molecular complexity index is 587. The number of hydrogen-bond acceptors (Lipinski definition) is 4. The van der Waals surface area contributed by atoms with E-state index in [0.717, 1.165) is 30.8 Å². The van der Waals surface area contributed by atoms with Crippen LogP contribution in [0, 0.1) is 0 Å². The van der Waals surface area contributed by atoms with Crippen LogP contribution in [0.4, 0.5) is 4.79 Å². The van der Waals surface area contributed by atoms with E-state index in [9.17, 15) is 9.59 Å². The molecule has 1 atom stereocenters. The molecule has 1 aromatic rings. The number of nitrogens with one attached hydrogen (secondary N) is 2. The Morgan fingerprint density at radius 1 is 1.29 bits per heavy atom. The summed E-state index contributed by atoms with van der Waals surface area (Å²) in [5.74, 6) is 0.670. The Hall–Kier alpha value is -2.28. The van der Waals surface area contributed by atoms with Crippen molar-refractivity contribution in [2.45, 2.75) is 25.5 Å². The van der Waals surface area contributed by atoms with E-state index < -0.39 is 0 Å². The molecule has 0 radical (unpaired) electrons. The van der Waals surface area contributed by atoms with Gasteiger partial charge in [0, 0.05) is 38.3 Å². The number of carbonyl (C=O) groups is 2. The lowest BCUT2D eigenvalue weighted by atomic mass is 10.2. The van der Waals surface area contributed by atoms with Crippen molar-refractivity contribution < 1.29 is 19.1 Å². The first kappa shape index (κ1) is 16.6. The number of hydrogen-bond donors (Lipinski definition) is 2. The molecule has 0 aliphatic carbocycles. The fourth-order valence-electron chi connectivity index (χ4n) is 2.88. The SMILES string of the molecule is O=C(NCCN1Cc2ccccc2OCC1=O)NCC1CCCO1. The van der Waals surface area contributed by atoms with Gasteiger partial charge in [-0.1, -0.05) is 18.2 Å². The Labute approximate surface area is 141 Å². The van der Waals surface area contributed by atoms with Crippen molar-refractivity contribution in [2.24, 2.45) is 0 Å². The fourth-order valence-corrected chi connectivity index (χ4v) is 2.88. The Kier molecular flexibility index (Phi) is 5.53. The van der Waals surface area contributed by atoms with Gasteiger partial charge >= 0.3 is 6.03 Å². The molecule has 3 rings (SSSR count). The van der Waals surface area contributed by atoms with E-state index in [0.29, 0.717) is 26.2 Å². The molecule has 0 saturated carbocycles. The van der Waals surface area contributed by atoms with E-state index in [-0.39, 0.29) is 24.6 Å². The van der Waals surface area contributed by atoms with Crippen molar-refractivity contribution in [2.75, 3.05) is 32.8 Å². The minimum Gasteiger partial charge on any atom is -0.483 e. The van der Waals surface area contributed by atoms with E-state index in [1.807, 2.05) is 24.3 Å². The minimum atomic E-state index is -0.232. The number of fused-ring (bicyclic) bond motifs is 1.